The maximum atomic E-state index is 13.0. The normalized spacial score (nSPS) is 18.4. The van der Waals surface area contributed by atoms with Crippen LogP contribution < -0.4 is 10.5 Å². The topological polar surface area (TPSA) is 89.7 Å². The van der Waals surface area contributed by atoms with Crippen LogP contribution in [0.5, 0.6) is 5.75 Å². The molecule has 0 radical (unpaired) electrons. The maximum Gasteiger partial charge on any atom is 0.255 e. The predicted octanol–water partition coefficient (Wildman–Crippen LogP) is 3.07. The molecule has 9 heteroatoms. The molecule has 28 heavy (non-hydrogen) atoms. The Labute approximate surface area is 174 Å². The molecule has 0 aliphatic carbocycles. The van der Waals surface area contributed by atoms with Gasteiger partial charge in [-0.25, -0.2) is 8.42 Å². The Morgan fingerprint density at radius 3 is 2.57 bits per heavy atom. The Morgan fingerprint density at radius 1 is 1.18 bits per heavy atom. The van der Waals surface area contributed by atoms with E-state index in [9.17, 15) is 13.2 Å². The molecule has 150 valence electrons. The first kappa shape index (κ1) is 21.0. The number of thioether (sulfide) groups is 1. The fraction of sp³-hybridized carbons (Fsp3) is 0.316. The highest BCUT2D eigenvalue weighted by Crippen LogP contribution is 2.38. The van der Waals surface area contributed by atoms with Gasteiger partial charge in [0.25, 0.3) is 5.91 Å². The number of carbonyl (C=O) groups is 1. The fourth-order valence-corrected chi connectivity index (χ4v) is 6.16. The number of primary amides is 1. The van der Waals surface area contributed by atoms with Crippen LogP contribution in [-0.4, -0.2) is 44.1 Å². The minimum atomic E-state index is -3.61. The van der Waals surface area contributed by atoms with Gasteiger partial charge in [-0.05, 0) is 42.3 Å². The quantitative estimate of drug-likeness (QED) is 0.745. The monoisotopic (exact) mass is 440 g/mol. The van der Waals surface area contributed by atoms with Crippen molar-refractivity contribution in [2.24, 2.45) is 5.73 Å². The Kier molecular flexibility index (Phi) is 6.87. The minimum Gasteiger partial charge on any atom is -0.484 e. The van der Waals surface area contributed by atoms with Crippen LogP contribution in [0.3, 0.4) is 0 Å². The molecule has 1 saturated heterocycles. The summed E-state index contributed by atoms with van der Waals surface area (Å²) in [6.45, 7) is 0.609. The number of amides is 1. The molecule has 1 aliphatic rings. The lowest BCUT2D eigenvalue weighted by atomic mass is 10.1. The molecular weight excluding hydrogens is 420 g/mol. The van der Waals surface area contributed by atoms with Crippen LogP contribution >= 0.6 is 23.4 Å². The molecule has 2 N–H and O–H groups in total. The van der Waals surface area contributed by atoms with Gasteiger partial charge in [0.2, 0.25) is 10.0 Å². The van der Waals surface area contributed by atoms with E-state index in [2.05, 4.69) is 0 Å². The van der Waals surface area contributed by atoms with Gasteiger partial charge < -0.3 is 10.5 Å². The maximum absolute atomic E-state index is 13.0. The number of rotatable bonds is 6. The third-order valence-corrected chi connectivity index (χ3v) is 7.96. The molecule has 1 amide bonds. The van der Waals surface area contributed by atoms with E-state index in [1.165, 1.54) is 28.6 Å². The van der Waals surface area contributed by atoms with Crippen molar-refractivity contribution < 1.29 is 17.9 Å². The van der Waals surface area contributed by atoms with Crippen molar-refractivity contribution >= 4 is 39.3 Å². The molecule has 2 aromatic rings. The van der Waals surface area contributed by atoms with Crippen molar-refractivity contribution in [2.45, 2.75) is 16.6 Å². The molecule has 6 nitrogen and oxygen atoms in total. The lowest BCUT2D eigenvalue weighted by Gasteiger charge is -2.20. The highest BCUT2D eigenvalue weighted by molar-refractivity contribution is 7.99. The van der Waals surface area contributed by atoms with E-state index in [-0.39, 0.29) is 16.8 Å². The summed E-state index contributed by atoms with van der Waals surface area (Å²) in [6, 6.07) is 13.7. The number of ether oxygens (including phenoxy) is 1. The molecule has 0 aromatic heterocycles. The second-order valence-corrected chi connectivity index (χ2v) is 9.96. The molecule has 0 spiro atoms. The summed E-state index contributed by atoms with van der Waals surface area (Å²) in [6.07, 6.45) is 0.688. The van der Waals surface area contributed by atoms with Crippen LogP contribution in [0.2, 0.25) is 5.02 Å². The summed E-state index contributed by atoms with van der Waals surface area (Å²) in [7, 11) is -3.61. The average Bonchev–Trinajstić information content (AvgIpc) is 2.94. The van der Waals surface area contributed by atoms with Crippen molar-refractivity contribution in [1.82, 2.24) is 4.31 Å². The first-order chi connectivity index (χ1) is 13.4. The van der Waals surface area contributed by atoms with Crippen LogP contribution in [0.25, 0.3) is 0 Å². The third kappa shape index (κ3) is 5.00. The van der Waals surface area contributed by atoms with Gasteiger partial charge >= 0.3 is 0 Å². The highest BCUT2D eigenvalue weighted by atomic mass is 35.5. The number of carbonyl (C=O) groups excluding carboxylic acids is 1. The number of hydrogen-bond donors (Lipinski definition) is 1. The van der Waals surface area contributed by atoms with E-state index in [0.29, 0.717) is 36.0 Å². The van der Waals surface area contributed by atoms with E-state index >= 15 is 0 Å². The van der Waals surface area contributed by atoms with Gasteiger partial charge in [0.1, 0.15) is 5.75 Å². The number of benzene rings is 2. The van der Waals surface area contributed by atoms with Crippen LogP contribution in [-0.2, 0) is 14.8 Å². The van der Waals surface area contributed by atoms with Crippen LogP contribution in [0.1, 0.15) is 17.2 Å². The van der Waals surface area contributed by atoms with Crippen LogP contribution in [0.4, 0.5) is 0 Å². The number of hydrogen-bond acceptors (Lipinski definition) is 5. The molecule has 1 aliphatic heterocycles. The first-order valence-electron chi connectivity index (χ1n) is 8.75. The van der Waals surface area contributed by atoms with Gasteiger partial charge in [-0.15, -0.1) is 0 Å². The van der Waals surface area contributed by atoms with Gasteiger partial charge in [0.05, 0.1) is 4.90 Å². The van der Waals surface area contributed by atoms with Gasteiger partial charge in [-0.1, -0.05) is 29.8 Å². The number of sulfonamides is 1. The summed E-state index contributed by atoms with van der Waals surface area (Å²) in [5.41, 5.74) is 6.08. The second kappa shape index (κ2) is 9.17. The third-order valence-electron chi connectivity index (χ3n) is 4.40. The van der Waals surface area contributed by atoms with E-state index in [0.717, 1.165) is 5.56 Å². The molecule has 1 fully saturated rings. The second-order valence-electron chi connectivity index (χ2n) is 6.30. The number of nitrogens with two attached hydrogens (primary N) is 1. The largest absolute Gasteiger partial charge is 0.484 e. The molecule has 0 bridgehead atoms. The van der Waals surface area contributed by atoms with Crippen molar-refractivity contribution in [3.05, 3.63) is 59.1 Å². The Hall–Kier alpha value is -1.74. The lowest BCUT2D eigenvalue weighted by molar-refractivity contribution is -0.119. The molecule has 3 rings (SSSR count). The first-order valence-corrected chi connectivity index (χ1v) is 11.6. The molecule has 1 atom stereocenters. The average molecular weight is 441 g/mol. The van der Waals surface area contributed by atoms with Gasteiger partial charge in [0.15, 0.2) is 6.61 Å². The summed E-state index contributed by atoms with van der Waals surface area (Å²) < 4.78 is 32.7. The summed E-state index contributed by atoms with van der Waals surface area (Å²) in [4.78, 5) is 11.0. The summed E-state index contributed by atoms with van der Waals surface area (Å²) >= 11 is 8.03. The van der Waals surface area contributed by atoms with Crippen LogP contribution in [0, 0.1) is 0 Å². The van der Waals surface area contributed by atoms with Crippen molar-refractivity contribution in [3.8, 4) is 5.75 Å². The zero-order chi connectivity index (χ0) is 20.1. The Morgan fingerprint density at radius 2 is 1.89 bits per heavy atom. The number of nitrogens with zero attached hydrogens (tertiary/aromatic N) is 1. The van der Waals surface area contributed by atoms with Crippen LogP contribution in [0.15, 0.2) is 53.4 Å². The standard InChI is InChI=1S/C19H21ClN2O4S2/c20-17-4-2-1-3-16(17)18-9-10-22(11-12-27-18)28(24,25)15-7-5-14(6-8-15)26-13-19(21)23/h1-8,18H,9-13H2,(H2,21,23). The zero-order valence-electron chi connectivity index (χ0n) is 15.1. The Balaban J connectivity index is 1.70. The van der Waals surface area contributed by atoms with E-state index in [4.69, 9.17) is 22.1 Å². The van der Waals surface area contributed by atoms with Crippen molar-refractivity contribution in [3.63, 3.8) is 0 Å². The van der Waals surface area contributed by atoms with Gasteiger partial charge in [-0.3, -0.25) is 4.79 Å². The molecular formula is C19H21ClN2O4S2. The van der Waals surface area contributed by atoms with Crippen molar-refractivity contribution in [1.29, 1.82) is 0 Å². The lowest BCUT2D eigenvalue weighted by Crippen LogP contribution is -2.33. The molecule has 0 saturated carbocycles. The zero-order valence-corrected chi connectivity index (χ0v) is 17.5. The van der Waals surface area contributed by atoms with E-state index < -0.39 is 15.9 Å². The van der Waals surface area contributed by atoms with Crippen molar-refractivity contribution in [2.75, 3.05) is 25.4 Å². The minimum absolute atomic E-state index is 0.165. The smallest absolute Gasteiger partial charge is 0.255 e. The molecule has 2 aromatic carbocycles. The Bertz CT molecular complexity index is 935. The van der Waals surface area contributed by atoms with Gasteiger partial charge in [0, 0.05) is 29.1 Å². The van der Waals surface area contributed by atoms with E-state index in [1.807, 2.05) is 24.3 Å². The molecule has 1 heterocycles. The highest BCUT2D eigenvalue weighted by Gasteiger charge is 2.29. The SMILES string of the molecule is NC(=O)COc1ccc(S(=O)(=O)N2CCSC(c3ccccc3Cl)CC2)cc1. The van der Waals surface area contributed by atoms with E-state index in [1.54, 1.807) is 11.8 Å². The predicted molar refractivity (Wildman–Crippen MR) is 111 cm³/mol. The van der Waals surface area contributed by atoms with Gasteiger partial charge in [-0.2, -0.15) is 16.1 Å². The molecule has 1 unspecified atom stereocenters. The summed E-state index contributed by atoms with van der Waals surface area (Å²) in [5, 5.41) is 0.876. The number of halogens is 1. The summed E-state index contributed by atoms with van der Waals surface area (Å²) in [5.74, 6) is 0.490. The fourth-order valence-electron chi connectivity index (χ4n) is 2.99.